The van der Waals surface area contributed by atoms with Crippen LogP contribution in [-0.2, 0) is 4.74 Å². The van der Waals surface area contributed by atoms with Gasteiger partial charge in [0.15, 0.2) is 18.1 Å². The van der Waals surface area contributed by atoms with Gasteiger partial charge in [0, 0.05) is 0 Å². The molecule has 0 radical (unpaired) electrons. The normalized spacial score (nSPS) is 9.24. The number of benzene rings is 1. The zero-order valence-electron chi connectivity index (χ0n) is 9.86. The molecule has 4 heteroatoms. The summed E-state index contributed by atoms with van der Waals surface area (Å²) >= 11 is 0. The van der Waals surface area contributed by atoms with Crippen LogP contribution in [-0.4, -0.2) is 26.3 Å². The van der Waals surface area contributed by atoms with Gasteiger partial charge in [-0.2, -0.15) is 0 Å². The Morgan fingerprint density at radius 3 is 2.76 bits per heavy atom. The van der Waals surface area contributed by atoms with Crippen molar-refractivity contribution in [2.75, 3.05) is 20.3 Å². The molecule has 0 aliphatic rings. The molecule has 0 spiro atoms. The maximum Gasteiger partial charge on any atom is 0.339 e. The summed E-state index contributed by atoms with van der Waals surface area (Å²) in [4.78, 5) is 11.5. The van der Waals surface area contributed by atoms with Crippen LogP contribution in [0.2, 0.25) is 0 Å². The first-order valence-corrected chi connectivity index (χ1v) is 5.14. The van der Waals surface area contributed by atoms with E-state index in [1.54, 1.807) is 18.2 Å². The Labute approximate surface area is 100 Å². The number of esters is 1. The average molecular weight is 234 g/mol. The molecule has 0 unspecified atom stereocenters. The van der Waals surface area contributed by atoms with E-state index in [2.05, 4.69) is 5.92 Å². The standard InChI is InChI=1S/C13H14O4/c1-4-8-17-13(14)10-6-7-11(15-3)12(9-10)16-5-2/h1,6-7,9H,5,8H2,2-3H3. The van der Waals surface area contributed by atoms with Crippen molar-refractivity contribution >= 4 is 5.97 Å². The molecule has 0 saturated heterocycles. The lowest BCUT2D eigenvalue weighted by Gasteiger charge is -2.10. The van der Waals surface area contributed by atoms with Crippen LogP contribution < -0.4 is 9.47 Å². The van der Waals surface area contributed by atoms with Crippen molar-refractivity contribution in [2.24, 2.45) is 0 Å². The highest BCUT2D eigenvalue weighted by atomic mass is 16.5. The van der Waals surface area contributed by atoms with Crippen LogP contribution in [0.4, 0.5) is 0 Å². The number of hydrogen-bond acceptors (Lipinski definition) is 4. The van der Waals surface area contributed by atoms with E-state index in [0.717, 1.165) is 0 Å². The Balaban J connectivity index is 2.91. The van der Waals surface area contributed by atoms with Crippen LogP contribution >= 0.6 is 0 Å². The predicted molar refractivity (Wildman–Crippen MR) is 63.3 cm³/mol. The smallest absolute Gasteiger partial charge is 0.339 e. The second-order valence-corrected chi connectivity index (χ2v) is 3.08. The fraction of sp³-hybridized carbons (Fsp3) is 0.308. The van der Waals surface area contributed by atoms with Gasteiger partial charge in [-0.1, -0.05) is 5.92 Å². The summed E-state index contributed by atoms with van der Waals surface area (Å²) in [7, 11) is 1.54. The first kappa shape index (κ1) is 12.9. The average Bonchev–Trinajstić information content (AvgIpc) is 2.36. The van der Waals surface area contributed by atoms with E-state index in [-0.39, 0.29) is 6.61 Å². The molecule has 90 valence electrons. The monoisotopic (exact) mass is 234 g/mol. The molecule has 0 bridgehead atoms. The van der Waals surface area contributed by atoms with Gasteiger partial charge in [0.1, 0.15) is 0 Å². The van der Waals surface area contributed by atoms with E-state index in [1.165, 1.54) is 7.11 Å². The number of ether oxygens (including phenoxy) is 3. The number of methoxy groups -OCH3 is 1. The van der Waals surface area contributed by atoms with Crippen molar-refractivity contribution < 1.29 is 19.0 Å². The fourth-order valence-corrected chi connectivity index (χ4v) is 1.26. The van der Waals surface area contributed by atoms with E-state index in [4.69, 9.17) is 20.6 Å². The minimum atomic E-state index is -0.480. The van der Waals surface area contributed by atoms with E-state index in [1.807, 2.05) is 6.92 Å². The topological polar surface area (TPSA) is 44.8 Å². The quantitative estimate of drug-likeness (QED) is 0.576. The van der Waals surface area contributed by atoms with Gasteiger partial charge >= 0.3 is 5.97 Å². The van der Waals surface area contributed by atoms with Crippen molar-refractivity contribution in [1.29, 1.82) is 0 Å². The highest BCUT2D eigenvalue weighted by Crippen LogP contribution is 2.28. The SMILES string of the molecule is C#CCOC(=O)c1ccc(OC)c(OCC)c1. The summed E-state index contributed by atoms with van der Waals surface area (Å²) in [6.45, 7) is 2.29. The lowest BCUT2D eigenvalue weighted by Crippen LogP contribution is -2.06. The molecule has 0 saturated carbocycles. The Morgan fingerprint density at radius 2 is 2.18 bits per heavy atom. The molecule has 17 heavy (non-hydrogen) atoms. The van der Waals surface area contributed by atoms with Crippen molar-refractivity contribution in [2.45, 2.75) is 6.92 Å². The van der Waals surface area contributed by atoms with Crippen molar-refractivity contribution in [3.63, 3.8) is 0 Å². The van der Waals surface area contributed by atoms with Crippen LogP contribution in [0.1, 0.15) is 17.3 Å². The Hall–Kier alpha value is -2.15. The van der Waals surface area contributed by atoms with Gasteiger partial charge in [0.05, 0.1) is 19.3 Å². The lowest BCUT2D eigenvalue weighted by atomic mass is 10.2. The summed E-state index contributed by atoms with van der Waals surface area (Å²) in [5, 5.41) is 0. The second kappa shape index (κ2) is 6.44. The van der Waals surface area contributed by atoms with E-state index in [9.17, 15) is 4.79 Å². The molecule has 1 aromatic carbocycles. The molecule has 0 amide bonds. The number of carbonyl (C=O) groups is 1. The summed E-state index contributed by atoms with van der Waals surface area (Å²) < 4.78 is 15.3. The van der Waals surface area contributed by atoms with Crippen LogP contribution in [0.5, 0.6) is 11.5 Å². The van der Waals surface area contributed by atoms with Crippen LogP contribution in [0.25, 0.3) is 0 Å². The summed E-state index contributed by atoms with van der Waals surface area (Å²) in [5.74, 6) is 2.83. The first-order chi connectivity index (χ1) is 8.22. The van der Waals surface area contributed by atoms with Gasteiger partial charge in [-0.15, -0.1) is 6.42 Å². The van der Waals surface area contributed by atoms with Crippen LogP contribution in [0.15, 0.2) is 18.2 Å². The highest BCUT2D eigenvalue weighted by Gasteiger charge is 2.11. The molecular weight excluding hydrogens is 220 g/mol. The van der Waals surface area contributed by atoms with Crippen LogP contribution in [0.3, 0.4) is 0 Å². The molecule has 1 aromatic rings. The summed E-state index contributed by atoms with van der Waals surface area (Å²) in [5.41, 5.74) is 0.379. The first-order valence-electron chi connectivity index (χ1n) is 5.14. The summed E-state index contributed by atoms with van der Waals surface area (Å²) in [6, 6.07) is 4.82. The molecule has 4 nitrogen and oxygen atoms in total. The molecule has 0 aliphatic heterocycles. The fourth-order valence-electron chi connectivity index (χ4n) is 1.26. The molecule has 0 aliphatic carbocycles. The molecule has 0 aromatic heterocycles. The van der Waals surface area contributed by atoms with Crippen molar-refractivity contribution in [1.82, 2.24) is 0 Å². The molecular formula is C13H14O4. The molecule has 0 heterocycles. The van der Waals surface area contributed by atoms with Gasteiger partial charge < -0.3 is 14.2 Å². The minimum Gasteiger partial charge on any atom is -0.493 e. The Bertz CT molecular complexity index is 432. The third kappa shape index (κ3) is 3.42. The zero-order valence-corrected chi connectivity index (χ0v) is 9.86. The Kier molecular flexibility index (Phi) is 4.89. The number of terminal acetylenes is 1. The second-order valence-electron chi connectivity index (χ2n) is 3.08. The molecule has 0 fully saturated rings. The third-order valence-electron chi connectivity index (χ3n) is 1.99. The molecule has 0 N–H and O–H groups in total. The molecule has 1 rings (SSSR count). The number of carbonyl (C=O) groups excluding carboxylic acids is 1. The minimum absolute atomic E-state index is 0.0468. The lowest BCUT2D eigenvalue weighted by molar-refractivity contribution is 0.0556. The third-order valence-corrected chi connectivity index (χ3v) is 1.99. The molecule has 0 atom stereocenters. The van der Waals surface area contributed by atoms with Crippen LogP contribution in [0, 0.1) is 12.3 Å². The van der Waals surface area contributed by atoms with Crippen molar-refractivity contribution in [3.05, 3.63) is 23.8 Å². The van der Waals surface area contributed by atoms with Gasteiger partial charge in [0.2, 0.25) is 0 Å². The largest absolute Gasteiger partial charge is 0.493 e. The maximum atomic E-state index is 11.5. The van der Waals surface area contributed by atoms with E-state index >= 15 is 0 Å². The summed E-state index contributed by atoms with van der Waals surface area (Å²) in [6.07, 6.45) is 5.01. The predicted octanol–water partition coefficient (Wildman–Crippen LogP) is 1.88. The number of rotatable bonds is 5. The maximum absolute atomic E-state index is 11.5. The van der Waals surface area contributed by atoms with Gasteiger partial charge in [-0.25, -0.2) is 4.79 Å². The number of hydrogen-bond donors (Lipinski definition) is 0. The van der Waals surface area contributed by atoms with Crippen molar-refractivity contribution in [3.8, 4) is 23.8 Å². The highest BCUT2D eigenvalue weighted by molar-refractivity contribution is 5.90. The van der Waals surface area contributed by atoms with Gasteiger partial charge in [0.25, 0.3) is 0 Å². The van der Waals surface area contributed by atoms with E-state index < -0.39 is 5.97 Å². The zero-order chi connectivity index (χ0) is 12.7. The van der Waals surface area contributed by atoms with E-state index in [0.29, 0.717) is 23.7 Å². The Morgan fingerprint density at radius 1 is 1.41 bits per heavy atom. The van der Waals surface area contributed by atoms with Gasteiger partial charge in [-0.3, -0.25) is 0 Å². The van der Waals surface area contributed by atoms with Gasteiger partial charge in [-0.05, 0) is 25.1 Å².